The largest absolute Gasteiger partial charge is 0.455 e. The van der Waals surface area contributed by atoms with E-state index in [0.717, 1.165) is 37.8 Å². The number of esters is 1. The number of piperidine rings is 1. The van der Waals surface area contributed by atoms with Gasteiger partial charge in [-0.2, -0.15) is 0 Å². The number of aliphatic hydroxyl groups excluding tert-OH is 1. The molecule has 1 aromatic heterocycles. The molecule has 284 valence electrons. The Balaban J connectivity index is 1.88. The summed E-state index contributed by atoms with van der Waals surface area (Å²) in [5.74, 6) is -1.00. The number of likely N-dealkylation sites (tertiary alicyclic amines) is 1. The van der Waals surface area contributed by atoms with E-state index in [1.165, 1.54) is 18.3 Å². The van der Waals surface area contributed by atoms with Gasteiger partial charge in [-0.15, -0.1) is 11.3 Å². The van der Waals surface area contributed by atoms with Crippen molar-refractivity contribution >= 4 is 34.9 Å². The Morgan fingerprint density at radius 1 is 1.04 bits per heavy atom. The first-order chi connectivity index (χ1) is 24.1. The summed E-state index contributed by atoms with van der Waals surface area (Å²) < 4.78 is 5.87. The van der Waals surface area contributed by atoms with Crippen LogP contribution >= 0.6 is 11.3 Å². The maximum Gasteiger partial charge on any atom is 0.303 e. The Kier molecular flexibility index (Phi) is 16.7. The van der Waals surface area contributed by atoms with Gasteiger partial charge in [-0.3, -0.25) is 24.1 Å². The van der Waals surface area contributed by atoms with Crippen molar-refractivity contribution in [1.82, 2.24) is 20.1 Å². The monoisotopic (exact) mass is 726 g/mol. The maximum absolute atomic E-state index is 14.2. The highest BCUT2D eigenvalue weighted by Crippen LogP contribution is 2.34. The van der Waals surface area contributed by atoms with Crippen LogP contribution in [0.1, 0.15) is 119 Å². The van der Waals surface area contributed by atoms with Crippen LogP contribution in [0.4, 0.5) is 0 Å². The lowest BCUT2D eigenvalue weighted by molar-refractivity contribution is -0.149. The van der Waals surface area contributed by atoms with Gasteiger partial charge in [-0.05, 0) is 62.6 Å². The third-order valence-electron chi connectivity index (χ3n) is 10.0. The second-order valence-electron chi connectivity index (χ2n) is 15.4. The van der Waals surface area contributed by atoms with E-state index in [2.05, 4.69) is 24.1 Å². The highest BCUT2D eigenvalue weighted by molar-refractivity contribution is 7.12. The molecule has 3 rings (SSSR count). The Morgan fingerprint density at radius 2 is 1.73 bits per heavy atom. The average Bonchev–Trinajstić information content (AvgIpc) is 3.49. The molecule has 0 saturated carbocycles. The van der Waals surface area contributed by atoms with Crippen LogP contribution < -0.4 is 5.32 Å². The molecule has 1 aliphatic heterocycles. The zero-order valence-corrected chi connectivity index (χ0v) is 33.1. The molecule has 2 N–H and O–H groups in total. The van der Waals surface area contributed by atoms with Crippen LogP contribution in [-0.4, -0.2) is 88.8 Å². The molecule has 2 amide bonds. The quantitative estimate of drug-likeness (QED) is 0.163. The van der Waals surface area contributed by atoms with Crippen molar-refractivity contribution in [2.24, 2.45) is 23.7 Å². The van der Waals surface area contributed by atoms with Crippen LogP contribution in [0.25, 0.3) is 0 Å². The number of rotatable bonds is 19. The van der Waals surface area contributed by atoms with Gasteiger partial charge in [-0.25, -0.2) is 4.98 Å². The molecule has 11 heteroatoms. The number of Topliss-reactive ketones (excluding diaryl/α,β-unsaturated/α-hetero) is 1. The molecular formula is C40H62N4O6S. The Bertz CT molecular complexity index is 1430. The number of nitrogens with one attached hydrogen (secondary N) is 1. The van der Waals surface area contributed by atoms with Crippen molar-refractivity contribution in [2.75, 3.05) is 27.2 Å². The maximum atomic E-state index is 14.2. The molecule has 0 bridgehead atoms. The zero-order chi connectivity index (χ0) is 37.8. The summed E-state index contributed by atoms with van der Waals surface area (Å²) in [5.41, 5.74) is 1.34. The number of aromatic nitrogens is 1. The van der Waals surface area contributed by atoms with Gasteiger partial charge < -0.3 is 20.1 Å². The second-order valence-corrected chi connectivity index (χ2v) is 16.5. The van der Waals surface area contributed by atoms with Crippen LogP contribution in [0.2, 0.25) is 0 Å². The summed E-state index contributed by atoms with van der Waals surface area (Å²) >= 11 is 1.25. The van der Waals surface area contributed by atoms with Gasteiger partial charge in [0.2, 0.25) is 5.91 Å². The molecule has 1 aromatic carbocycles. The van der Waals surface area contributed by atoms with Gasteiger partial charge in [0.1, 0.15) is 10.7 Å². The number of carbonyl (C=O) groups excluding carboxylic acids is 4. The fourth-order valence-corrected chi connectivity index (χ4v) is 8.33. The van der Waals surface area contributed by atoms with Crippen molar-refractivity contribution in [3.8, 4) is 0 Å². The predicted octanol–water partition coefficient (Wildman–Crippen LogP) is 6.26. The topological polar surface area (TPSA) is 129 Å². The summed E-state index contributed by atoms with van der Waals surface area (Å²) in [5, 5.41) is 13.6. The Hall–Kier alpha value is -3.15. The molecule has 1 fully saturated rings. The molecule has 0 radical (unpaired) electrons. The van der Waals surface area contributed by atoms with Crippen LogP contribution in [0.15, 0.2) is 30.3 Å². The van der Waals surface area contributed by atoms with E-state index < -0.39 is 18.0 Å². The first kappa shape index (κ1) is 42.3. The number of likely N-dealkylation sites (N-methyl/N-ethyl adjacent to an activating group) is 1. The predicted molar refractivity (Wildman–Crippen MR) is 202 cm³/mol. The smallest absolute Gasteiger partial charge is 0.303 e. The molecule has 5 atom stereocenters. The first-order valence-corrected chi connectivity index (χ1v) is 19.6. The molecule has 1 saturated heterocycles. The molecule has 0 spiro atoms. The number of benzene rings is 1. The summed E-state index contributed by atoms with van der Waals surface area (Å²) in [4.78, 5) is 63.1. The van der Waals surface area contributed by atoms with Gasteiger partial charge >= 0.3 is 5.97 Å². The number of carbonyl (C=O) groups is 4. The number of hydrogen-bond acceptors (Lipinski definition) is 9. The van der Waals surface area contributed by atoms with E-state index in [9.17, 15) is 24.3 Å². The lowest BCUT2D eigenvalue weighted by Gasteiger charge is -2.37. The van der Waals surface area contributed by atoms with Crippen LogP contribution in [0.3, 0.4) is 0 Å². The van der Waals surface area contributed by atoms with E-state index in [-0.39, 0.29) is 79.1 Å². The summed E-state index contributed by atoms with van der Waals surface area (Å²) in [6.45, 7) is 14.3. The lowest BCUT2D eigenvalue weighted by Crippen LogP contribution is -2.48. The Morgan fingerprint density at radius 3 is 2.29 bits per heavy atom. The third-order valence-corrected chi connectivity index (χ3v) is 11.2. The minimum atomic E-state index is -0.819. The van der Waals surface area contributed by atoms with Crippen molar-refractivity contribution in [3.05, 3.63) is 51.5 Å². The van der Waals surface area contributed by atoms with Crippen LogP contribution in [0, 0.1) is 23.7 Å². The average molecular weight is 727 g/mol. The summed E-state index contributed by atoms with van der Waals surface area (Å²) in [6.07, 6.45) is 4.22. The van der Waals surface area contributed by atoms with Crippen molar-refractivity contribution in [3.63, 3.8) is 0 Å². The van der Waals surface area contributed by atoms with Gasteiger partial charge in [0.15, 0.2) is 11.9 Å². The summed E-state index contributed by atoms with van der Waals surface area (Å²) in [7, 11) is 3.75. The molecule has 0 aliphatic carbocycles. The number of ether oxygens (including phenoxy) is 1. The van der Waals surface area contributed by atoms with Crippen molar-refractivity contribution in [1.29, 1.82) is 0 Å². The van der Waals surface area contributed by atoms with E-state index in [0.29, 0.717) is 22.2 Å². The lowest BCUT2D eigenvalue weighted by atomic mass is 9.84. The highest BCUT2D eigenvalue weighted by Gasteiger charge is 2.37. The minimum Gasteiger partial charge on any atom is -0.455 e. The standard InChI is InChI=1S/C40H62N4O6S/c1-25(2)21-30(22-29-15-11-10-12-16-29)41-38(48)37-36(18-20-45)51-39(42-37)35(50-28(7)46)24-33(27(5)6)44(9)40(49)31(26(3)4)23-34(47)32-17-13-14-19-43(32)8/h10-12,15-16,25-27,30-33,35,45H,13-14,17-24H2,1-9H3,(H,41,48)/t30-,31+,32-,33-,35-/m1/s1. The number of thiazole rings is 1. The minimum absolute atomic E-state index is 0.0144. The molecule has 2 aromatic rings. The fraction of sp³-hybridized carbons (Fsp3) is 0.675. The van der Waals surface area contributed by atoms with Crippen molar-refractivity contribution in [2.45, 2.75) is 124 Å². The number of ketones is 1. The summed E-state index contributed by atoms with van der Waals surface area (Å²) in [6, 6.07) is 9.40. The SMILES string of the molecule is CC(=O)O[C@H](C[C@H](C(C)C)N(C)C(=O)[C@@H](CC(=O)[C@H]1CCCCN1C)C(C)C)c1nc(C(=O)N[C@@H](Cc2ccccc2)CC(C)C)c(CCO)s1. The first-order valence-electron chi connectivity index (χ1n) is 18.7. The van der Waals surface area contributed by atoms with Gasteiger partial charge in [0.05, 0.1) is 6.04 Å². The van der Waals surface area contributed by atoms with E-state index >= 15 is 0 Å². The highest BCUT2D eigenvalue weighted by atomic mass is 32.1. The molecule has 1 aliphatic rings. The van der Waals surface area contributed by atoms with Crippen LogP contribution in [-0.2, 0) is 32.0 Å². The zero-order valence-electron chi connectivity index (χ0n) is 32.3. The Labute approximate surface area is 309 Å². The van der Waals surface area contributed by atoms with Gasteiger partial charge in [0, 0.05) is 62.7 Å². The molecule has 51 heavy (non-hydrogen) atoms. The number of hydrogen-bond donors (Lipinski definition) is 2. The fourth-order valence-electron chi connectivity index (χ4n) is 7.24. The molecular weight excluding hydrogens is 665 g/mol. The van der Waals surface area contributed by atoms with E-state index in [1.807, 2.05) is 65.1 Å². The second kappa shape index (κ2) is 20.2. The van der Waals surface area contributed by atoms with Gasteiger partial charge in [-0.1, -0.05) is 78.3 Å². The number of amides is 2. The third kappa shape index (κ3) is 12.5. The molecule has 0 unspecified atom stereocenters. The van der Waals surface area contributed by atoms with E-state index in [4.69, 9.17) is 9.72 Å². The van der Waals surface area contributed by atoms with Crippen LogP contribution in [0.5, 0.6) is 0 Å². The normalized spacial score (nSPS) is 17.6. The van der Waals surface area contributed by atoms with E-state index in [1.54, 1.807) is 11.9 Å². The molecule has 2 heterocycles. The number of aliphatic hydroxyl groups is 1. The molecule has 10 nitrogen and oxygen atoms in total. The van der Waals surface area contributed by atoms with Gasteiger partial charge in [0.25, 0.3) is 5.91 Å². The van der Waals surface area contributed by atoms with Crippen molar-refractivity contribution < 1.29 is 29.0 Å². The number of nitrogens with zero attached hydrogens (tertiary/aromatic N) is 3.